The zero-order valence-electron chi connectivity index (χ0n) is 21.6. The second-order valence-corrected chi connectivity index (χ2v) is 10.1. The molecule has 222 valence electrons. The Morgan fingerprint density at radius 3 is 2.46 bits per heavy atom. The van der Waals surface area contributed by atoms with Gasteiger partial charge in [-0.15, -0.1) is 0 Å². The Morgan fingerprint density at radius 2 is 1.85 bits per heavy atom. The van der Waals surface area contributed by atoms with E-state index in [1.54, 1.807) is 0 Å². The van der Waals surface area contributed by atoms with E-state index in [1.807, 2.05) is 0 Å². The molecule has 0 aliphatic carbocycles. The number of guanidine groups is 1. The van der Waals surface area contributed by atoms with Gasteiger partial charge in [0.2, 0.25) is 0 Å². The van der Waals surface area contributed by atoms with Crippen LogP contribution < -0.4 is 16.0 Å². The summed E-state index contributed by atoms with van der Waals surface area (Å²) in [6.07, 6.45) is -6.80. The van der Waals surface area contributed by atoms with E-state index in [1.165, 1.54) is 18.2 Å². The number of aliphatic hydroxyl groups is 2. The van der Waals surface area contributed by atoms with Crippen LogP contribution in [0.15, 0.2) is 41.4 Å². The number of rotatable bonds is 10. The van der Waals surface area contributed by atoms with Crippen molar-refractivity contribution in [2.75, 3.05) is 25.0 Å². The van der Waals surface area contributed by atoms with Crippen molar-refractivity contribution in [3.8, 4) is 5.75 Å². The summed E-state index contributed by atoms with van der Waals surface area (Å²) in [5.74, 6) is -3.78. The monoisotopic (exact) mass is 600 g/mol. The number of benzene rings is 2. The molecule has 0 bridgehead atoms. The highest BCUT2D eigenvalue weighted by atomic mass is 35.5. The third-order valence-electron chi connectivity index (χ3n) is 6.25. The number of amides is 1. The van der Waals surface area contributed by atoms with Crippen LogP contribution in [0, 0.1) is 0 Å². The number of ketones is 1. The van der Waals surface area contributed by atoms with Gasteiger partial charge < -0.3 is 36.4 Å². The Morgan fingerprint density at radius 1 is 1.15 bits per heavy atom. The van der Waals surface area contributed by atoms with Gasteiger partial charge in [0.05, 0.1) is 25.6 Å². The molecule has 15 heteroatoms. The van der Waals surface area contributed by atoms with Crippen LogP contribution in [0.1, 0.15) is 47.2 Å². The molecular weight excluding hydrogens is 573 g/mol. The van der Waals surface area contributed by atoms with Crippen molar-refractivity contribution in [1.82, 2.24) is 10.6 Å². The first-order valence-corrected chi connectivity index (χ1v) is 12.6. The maximum Gasteiger partial charge on any atom is 0.421 e. The van der Waals surface area contributed by atoms with Gasteiger partial charge in [0.25, 0.3) is 5.91 Å². The number of aliphatic carboxylic acids is 1. The summed E-state index contributed by atoms with van der Waals surface area (Å²) in [5, 5.41) is 46.8. The Bertz CT molecular complexity index is 1350. The van der Waals surface area contributed by atoms with Crippen LogP contribution in [0.5, 0.6) is 5.75 Å². The number of β-amino-alcohol motifs (C(OH)–C–C–N with tert-alkyl or cyclic N) is 1. The number of nitrogens with zero attached hydrogens (tertiary/aromatic N) is 1. The molecule has 2 aromatic carbocycles. The second-order valence-electron chi connectivity index (χ2n) is 9.68. The molecule has 2 unspecified atom stereocenters. The average molecular weight is 601 g/mol. The second kappa shape index (κ2) is 12.7. The molecule has 1 aliphatic rings. The normalized spacial score (nSPS) is 17.4. The number of aliphatic hydroxyl groups excluding tert-OH is 1. The number of Topliss-reactive ketones (excluding diaryl/α,β-unsaturated/α-hetero) is 1. The first-order valence-electron chi connectivity index (χ1n) is 12.2. The van der Waals surface area contributed by atoms with E-state index in [0.29, 0.717) is 12.9 Å². The number of phenolic OH excluding ortho intramolecular Hbond substituents is 1. The van der Waals surface area contributed by atoms with Gasteiger partial charge in [0, 0.05) is 41.2 Å². The van der Waals surface area contributed by atoms with Gasteiger partial charge in [0.1, 0.15) is 5.75 Å². The lowest BCUT2D eigenvalue weighted by Crippen LogP contribution is -2.42. The zero-order chi connectivity index (χ0) is 30.5. The number of halogens is 4. The summed E-state index contributed by atoms with van der Waals surface area (Å²) in [6.45, 7) is 0.389. The van der Waals surface area contributed by atoms with Crippen LogP contribution in [0.3, 0.4) is 0 Å². The summed E-state index contributed by atoms with van der Waals surface area (Å²) in [5.41, 5.74) is -3.64. The predicted octanol–water partition coefficient (Wildman–Crippen LogP) is 2.49. The first kappa shape index (κ1) is 31.6. The van der Waals surface area contributed by atoms with E-state index in [-0.39, 0.29) is 40.7 Å². The molecule has 0 saturated carbocycles. The molecular formula is C26H28ClF3N4O7. The molecule has 7 N–H and O–H groups in total. The van der Waals surface area contributed by atoms with Crippen LogP contribution in [-0.2, 0) is 15.2 Å². The van der Waals surface area contributed by atoms with Gasteiger partial charge in [-0.25, -0.2) is 0 Å². The lowest BCUT2D eigenvalue weighted by Gasteiger charge is -2.28. The number of aromatic hydroxyl groups is 1. The molecule has 1 amide bonds. The Kier molecular flexibility index (Phi) is 9.84. The highest BCUT2D eigenvalue weighted by molar-refractivity contribution is 6.30. The Hall–Kier alpha value is -3.88. The van der Waals surface area contributed by atoms with Crippen LogP contribution in [0.25, 0.3) is 0 Å². The van der Waals surface area contributed by atoms with Gasteiger partial charge in [-0.1, -0.05) is 17.7 Å². The number of phenols is 1. The van der Waals surface area contributed by atoms with Crippen molar-refractivity contribution in [3.05, 3.63) is 58.1 Å². The van der Waals surface area contributed by atoms with Crippen molar-refractivity contribution >= 4 is 40.9 Å². The van der Waals surface area contributed by atoms with E-state index < -0.39 is 66.4 Å². The summed E-state index contributed by atoms with van der Waals surface area (Å²) in [7, 11) is 0. The van der Waals surface area contributed by atoms with E-state index in [4.69, 9.17) is 11.6 Å². The number of alkyl halides is 3. The minimum atomic E-state index is -5.05. The minimum absolute atomic E-state index is 0.00504. The van der Waals surface area contributed by atoms with Crippen LogP contribution in [0.4, 0.5) is 18.9 Å². The number of nitrogens with one attached hydrogen (secondary N) is 3. The molecule has 11 nitrogen and oxygen atoms in total. The van der Waals surface area contributed by atoms with E-state index >= 15 is 0 Å². The SMILES string of the molecule is CC(O)(c1cc(Cl)cc([C@H](CC(=O)O)CC(=O)CNC(=O)c2cc(O)cc(NC3=NCC(O)CN3)c2)c1)C(F)(F)F. The highest BCUT2D eigenvalue weighted by Crippen LogP contribution is 2.41. The fraction of sp³-hybridized carbons (Fsp3) is 0.385. The zero-order valence-corrected chi connectivity index (χ0v) is 22.4. The van der Waals surface area contributed by atoms with E-state index in [9.17, 15) is 48.0 Å². The van der Waals surface area contributed by atoms with Gasteiger partial charge in [-0.05, 0) is 42.3 Å². The molecule has 41 heavy (non-hydrogen) atoms. The quantitative estimate of drug-likeness (QED) is 0.216. The maximum absolute atomic E-state index is 13.4. The van der Waals surface area contributed by atoms with Crippen molar-refractivity contribution in [2.45, 2.75) is 43.6 Å². The number of hydrogen-bond donors (Lipinski definition) is 7. The van der Waals surface area contributed by atoms with Crippen LogP contribution in [-0.4, -0.2) is 76.0 Å². The van der Waals surface area contributed by atoms with Gasteiger partial charge in [-0.2, -0.15) is 13.2 Å². The topological polar surface area (TPSA) is 181 Å². The number of carbonyl (C=O) groups is 3. The first-order chi connectivity index (χ1) is 19.0. The van der Waals surface area contributed by atoms with E-state index in [0.717, 1.165) is 18.2 Å². The molecule has 0 fully saturated rings. The summed E-state index contributed by atoms with van der Waals surface area (Å²) in [6, 6.07) is 6.91. The lowest BCUT2D eigenvalue weighted by molar-refractivity contribution is -0.258. The molecule has 3 rings (SSSR count). The number of carboxylic acid groups (broad SMARTS) is 1. The average Bonchev–Trinajstić information content (AvgIpc) is 2.86. The summed E-state index contributed by atoms with van der Waals surface area (Å²) in [4.78, 5) is 40.9. The van der Waals surface area contributed by atoms with Crippen molar-refractivity contribution < 1.29 is 48.0 Å². The maximum atomic E-state index is 13.4. The number of hydrogen-bond acceptors (Lipinski definition) is 9. The number of aliphatic imine (C=N–C) groups is 1. The highest BCUT2D eigenvalue weighted by Gasteiger charge is 2.51. The molecule has 0 spiro atoms. The minimum Gasteiger partial charge on any atom is -0.508 e. The van der Waals surface area contributed by atoms with Crippen LogP contribution in [0.2, 0.25) is 5.02 Å². The molecule has 1 aliphatic heterocycles. The molecule has 3 atom stereocenters. The summed E-state index contributed by atoms with van der Waals surface area (Å²) >= 11 is 5.97. The van der Waals surface area contributed by atoms with Crippen molar-refractivity contribution in [3.63, 3.8) is 0 Å². The molecule has 0 aromatic heterocycles. The van der Waals surface area contributed by atoms with Gasteiger partial charge in [-0.3, -0.25) is 19.4 Å². The van der Waals surface area contributed by atoms with Gasteiger partial charge >= 0.3 is 12.1 Å². The third kappa shape index (κ3) is 8.55. The fourth-order valence-electron chi connectivity index (χ4n) is 4.01. The smallest absolute Gasteiger partial charge is 0.421 e. The molecule has 0 radical (unpaired) electrons. The van der Waals surface area contributed by atoms with Gasteiger partial charge in [0.15, 0.2) is 17.3 Å². The fourth-order valence-corrected chi connectivity index (χ4v) is 4.25. The molecule has 0 saturated heterocycles. The number of carbonyl (C=O) groups excluding carboxylic acids is 2. The van der Waals surface area contributed by atoms with Crippen molar-refractivity contribution in [2.24, 2.45) is 4.99 Å². The van der Waals surface area contributed by atoms with Crippen LogP contribution >= 0.6 is 11.6 Å². The standard InChI is InChI=1S/C26H28ClF3N4O7/c1-25(41,26(28,29)30)16-2-13(3-17(27)8-16)14(7-22(38)39)5-20(36)10-31-23(40)15-4-18(9-19(35)6-15)34-24-32-11-21(37)12-33-24/h2-4,6,8-9,14,21,35,37,41H,5,7,10-12H2,1H3,(H,31,40)(H,38,39)(H2,32,33,34)/t14-,25?/m0/s1. The largest absolute Gasteiger partial charge is 0.508 e. The number of anilines is 1. The third-order valence-corrected chi connectivity index (χ3v) is 6.47. The Labute approximate surface area is 237 Å². The lowest BCUT2D eigenvalue weighted by atomic mass is 9.86. The molecule has 1 heterocycles. The van der Waals surface area contributed by atoms with E-state index in [2.05, 4.69) is 20.9 Å². The summed E-state index contributed by atoms with van der Waals surface area (Å²) < 4.78 is 40.1. The number of carboxylic acids is 1. The molecule has 2 aromatic rings. The predicted molar refractivity (Wildman–Crippen MR) is 142 cm³/mol. The van der Waals surface area contributed by atoms with Crippen molar-refractivity contribution in [1.29, 1.82) is 0 Å². The Balaban J connectivity index is 1.71.